The summed E-state index contributed by atoms with van der Waals surface area (Å²) in [4.78, 5) is 30.1. The molecule has 2 fully saturated rings. The molecule has 2 aliphatic heterocycles. The molecule has 180 valence electrons. The number of ether oxygens (including phenoxy) is 2. The number of nitrogens with zero attached hydrogens (tertiary/aromatic N) is 2. The summed E-state index contributed by atoms with van der Waals surface area (Å²) in [6.07, 6.45) is 0.0257. The summed E-state index contributed by atoms with van der Waals surface area (Å²) in [5, 5.41) is 11.2. The molecular formula is C27H32N2O5. The maximum Gasteiger partial charge on any atom is 0.295 e. The van der Waals surface area contributed by atoms with Gasteiger partial charge in [-0.25, -0.2) is 0 Å². The number of hydrogen-bond donors (Lipinski definition) is 1. The van der Waals surface area contributed by atoms with Crippen molar-refractivity contribution in [3.05, 3.63) is 70.8 Å². The summed E-state index contributed by atoms with van der Waals surface area (Å²) in [5.74, 6) is -0.741. The maximum atomic E-state index is 13.2. The molecule has 0 radical (unpaired) electrons. The van der Waals surface area contributed by atoms with Crippen LogP contribution in [0.25, 0.3) is 5.76 Å². The molecule has 34 heavy (non-hydrogen) atoms. The second kappa shape index (κ2) is 10.4. The summed E-state index contributed by atoms with van der Waals surface area (Å²) in [6.45, 7) is 9.81. The lowest BCUT2D eigenvalue weighted by molar-refractivity contribution is -0.140. The zero-order valence-electron chi connectivity index (χ0n) is 20.0. The van der Waals surface area contributed by atoms with Crippen molar-refractivity contribution in [2.24, 2.45) is 0 Å². The Hall–Kier alpha value is -3.16. The molecule has 2 saturated heterocycles. The van der Waals surface area contributed by atoms with E-state index in [0.717, 1.165) is 24.2 Å². The van der Waals surface area contributed by atoms with E-state index in [1.54, 1.807) is 29.2 Å². The van der Waals surface area contributed by atoms with Gasteiger partial charge >= 0.3 is 0 Å². The van der Waals surface area contributed by atoms with E-state index in [4.69, 9.17) is 9.47 Å². The Morgan fingerprint density at radius 1 is 1.03 bits per heavy atom. The predicted molar refractivity (Wildman–Crippen MR) is 130 cm³/mol. The SMILES string of the molecule is Cc1ccc(C2C(=C(O)c3ccc(OC(C)C)cc3)C(=O)C(=O)N2CCN2CCOCC2)cc1. The number of aryl methyl sites for hydroxylation is 1. The van der Waals surface area contributed by atoms with Crippen LogP contribution in [0.15, 0.2) is 54.1 Å². The van der Waals surface area contributed by atoms with Gasteiger partial charge in [0.2, 0.25) is 0 Å². The summed E-state index contributed by atoms with van der Waals surface area (Å²) in [6, 6.07) is 14.0. The Balaban J connectivity index is 1.69. The second-order valence-electron chi connectivity index (χ2n) is 9.05. The molecule has 4 rings (SSSR count). The van der Waals surface area contributed by atoms with Gasteiger partial charge in [-0.3, -0.25) is 14.5 Å². The normalized spacial score (nSPS) is 20.8. The number of carbonyl (C=O) groups is 2. The minimum absolute atomic E-state index is 0.0257. The molecule has 2 aromatic rings. The van der Waals surface area contributed by atoms with Crippen LogP contribution in [0.5, 0.6) is 5.75 Å². The van der Waals surface area contributed by atoms with E-state index in [9.17, 15) is 14.7 Å². The summed E-state index contributed by atoms with van der Waals surface area (Å²) in [5.41, 5.74) is 2.47. The molecule has 1 unspecified atom stereocenters. The third kappa shape index (κ3) is 5.16. The average Bonchev–Trinajstić information content (AvgIpc) is 3.08. The molecule has 2 aliphatic rings. The van der Waals surface area contributed by atoms with Gasteiger partial charge in [0.25, 0.3) is 11.7 Å². The minimum Gasteiger partial charge on any atom is -0.507 e. The molecule has 0 bridgehead atoms. The first-order valence-electron chi connectivity index (χ1n) is 11.8. The number of carbonyl (C=O) groups excluding carboxylic acids is 2. The van der Waals surface area contributed by atoms with E-state index in [1.165, 1.54) is 0 Å². The topological polar surface area (TPSA) is 79.3 Å². The molecule has 0 saturated carbocycles. The van der Waals surface area contributed by atoms with Crippen LogP contribution < -0.4 is 4.74 Å². The zero-order valence-corrected chi connectivity index (χ0v) is 20.0. The molecule has 1 atom stereocenters. The number of aliphatic hydroxyl groups excluding tert-OH is 1. The number of benzene rings is 2. The lowest BCUT2D eigenvalue weighted by Gasteiger charge is -2.31. The number of rotatable bonds is 7. The van der Waals surface area contributed by atoms with Crippen molar-refractivity contribution in [1.29, 1.82) is 0 Å². The first-order valence-corrected chi connectivity index (χ1v) is 11.8. The van der Waals surface area contributed by atoms with Crippen LogP contribution in [-0.2, 0) is 14.3 Å². The van der Waals surface area contributed by atoms with E-state index >= 15 is 0 Å². The van der Waals surface area contributed by atoms with Crippen molar-refractivity contribution < 1.29 is 24.2 Å². The van der Waals surface area contributed by atoms with Gasteiger partial charge < -0.3 is 19.5 Å². The number of morpholine rings is 1. The van der Waals surface area contributed by atoms with Crippen molar-refractivity contribution in [3.8, 4) is 5.75 Å². The first kappa shape index (κ1) is 24.0. The van der Waals surface area contributed by atoms with Crippen molar-refractivity contribution in [2.75, 3.05) is 39.4 Å². The molecule has 2 heterocycles. The molecular weight excluding hydrogens is 432 g/mol. The Morgan fingerprint density at radius 2 is 1.68 bits per heavy atom. The summed E-state index contributed by atoms with van der Waals surface area (Å²) in [7, 11) is 0. The van der Waals surface area contributed by atoms with Crippen LogP contribution >= 0.6 is 0 Å². The largest absolute Gasteiger partial charge is 0.507 e. The molecule has 7 heteroatoms. The van der Waals surface area contributed by atoms with Crippen molar-refractivity contribution in [1.82, 2.24) is 9.80 Å². The third-order valence-electron chi connectivity index (χ3n) is 6.19. The second-order valence-corrected chi connectivity index (χ2v) is 9.05. The van der Waals surface area contributed by atoms with Crippen LogP contribution in [0.2, 0.25) is 0 Å². The molecule has 1 N–H and O–H groups in total. The van der Waals surface area contributed by atoms with Gasteiger partial charge in [0.05, 0.1) is 30.9 Å². The number of likely N-dealkylation sites (tertiary alicyclic amines) is 1. The fourth-order valence-corrected chi connectivity index (χ4v) is 4.40. The van der Waals surface area contributed by atoms with Crippen LogP contribution in [0.3, 0.4) is 0 Å². The molecule has 0 aromatic heterocycles. The van der Waals surface area contributed by atoms with E-state index in [2.05, 4.69) is 4.90 Å². The fourth-order valence-electron chi connectivity index (χ4n) is 4.40. The Kier molecular flexibility index (Phi) is 7.34. The Labute approximate surface area is 200 Å². The third-order valence-corrected chi connectivity index (χ3v) is 6.19. The Morgan fingerprint density at radius 3 is 2.29 bits per heavy atom. The highest BCUT2D eigenvalue weighted by Gasteiger charge is 2.46. The quantitative estimate of drug-likeness (QED) is 0.384. The van der Waals surface area contributed by atoms with E-state index < -0.39 is 17.7 Å². The van der Waals surface area contributed by atoms with Gasteiger partial charge in [-0.15, -0.1) is 0 Å². The van der Waals surface area contributed by atoms with Crippen LogP contribution in [0, 0.1) is 6.92 Å². The van der Waals surface area contributed by atoms with Gasteiger partial charge in [0, 0.05) is 31.7 Å². The van der Waals surface area contributed by atoms with E-state index in [1.807, 2.05) is 45.0 Å². The van der Waals surface area contributed by atoms with E-state index in [0.29, 0.717) is 37.6 Å². The van der Waals surface area contributed by atoms with Gasteiger partial charge in [0.15, 0.2) is 0 Å². The molecule has 2 aromatic carbocycles. The smallest absolute Gasteiger partial charge is 0.295 e. The molecule has 0 aliphatic carbocycles. The van der Waals surface area contributed by atoms with Crippen molar-refractivity contribution in [2.45, 2.75) is 32.9 Å². The number of amides is 1. The van der Waals surface area contributed by atoms with Crippen molar-refractivity contribution >= 4 is 17.4 Å². The molecule has 7 nitrogen and oxygen atoms in total. The highest BCUT2D eigenvalue weighted by atomic mass is 16.5. The highest BCUT2D eigenvalue weighted by molar-refractivity contribution is 6.46. The summed E-state index contributed by atoms with van der Waals surface area (Å²) >= 11 is 0. The standard InChI is InChI=1S/C27H32N2O5/c1-18(2)34-22-10-8-21(9-11-22)25(30)23-24(20-6-4-19(3)5-7-20)29(27(32)26(23)31)13-12-28-14-16-33-17-15-28/h4-11,18,24,30H,12-17H2,1-3H3. The van der Waals surface area contributed by atoms with Crippen LogP contribution in [0.1, 0.15) is 36.6 Å². The summed E-state index contributed by atoms with van der Waals surface area (Å²) < 4.78 is 11.1. The monoisotopic (exact) mass is 464 g/mol. The van der Waals surface area contributed by atoms with Crippen LogP contribution in [0.4, 0.5) is 0 Å². The van der Waals surface area contributed by atoms with Crippen molar-refractivity contribution in [3.63, 3.8) is 0 Å². The minimum atomic E-state index is -0.660. The number of aliphatic hydroxyl groups is 1. The lowest BCUT2D eigenvalue weighted by atomic mass is 9.94. The van der Waals surface area contributed by atoms with Crippen LogP contribution in [-0.4, -0.2) is 72.1 Å². The van der Waals surface area contributed by atoms with Gasteiger partial charge in [0.1, 0.15) is 11.5 Å². The maximum absolute atomic E-state index is 13.2. The molecule has 0 spiro atoms. The molecule has 1 amide bonds. The van der Waals surface area contributed by atoms with Gasteiger partial charge in [-0.1, -0.05) is 29.8 Å². The zero-order chi connectivity index (χ0) is 24.2. The highest BCUT2D eigenvalue weighted by Crippen LogP contribution is 2.39. The Bertz CT molecular complexity index is 1050. The first-order chi connectivity index (χ1) is 16.3. The average molecular weight is 465 g/mol. The lowest BCUT2D eigenvalue weighted by Crippen LogP contribution is -2.42. The number of hydrogen-bond acceptors (Lipinski definition) is 6. The van der Waals surface area contributed by atoms with Gasteiger partial charge in [-0.05, 0) is 50.6 Å². The number of Topliss-reactive ketones (excluding diaryl/α,β-unsaturated/α-hetero) is 1. The van der Waals surface area contributed by atoms with E-state index in [-0.39, 0.29) is 17.4 Å². The fraction of sp³-hybridized carbons (Fsp3) is 0.407. The predicted octanol–water partition coefficient (Wildman–Crippen LogP) is 3.54. The number of ketones is 1. The van der Waals surface area contributed by atoms with Gasteiger partial charge in [-0.2, -0.15) is 0 Å².